The summed E-state index contributed by atoms with van der Waals surface area (Å²) in [5.74, 6) is -0.198. The molecule has 0 aliphatic heterocycles. The SMILES string of the molecule is CSc1cc(N)cc2c1ccn2Cc1cc(F)ccc1C. The van der Waals surface area contributed by atoms with Crippen LogP contribution in [-0.4, -0.2) is 10.8 Å². The van der Waals surface area contributed by atoms with Gasteiger partial charge in [0.05, 0.1) is 5.52 Å². The highest BCUT2D eigenvalue weighted by atomic mass is 32.2. The van der Waals surface area contributed by atoms with E-state index in [4.69, 9.17) is 5.73 Å². The third kappa shape index (κ3) is 2.63. The molecule has 0 atom stereocenters. The molecule has 1 aromatic heterocycles. The zero-order valence-corrected chi connectivity index (χ0v) is 12.9. The van der Waals surface area contributed by atoms with Crippen LogP contribution in [-0.2, 0) is 6.54 Å². The average molecular weight is 300 g/mol. The van der Waals surface area contributed by atoms with Gasteiger partial charge in [-0.1, -0.05) is 6.07 Å². The minimum Gasteiger partial charge on any atom is -0.399 e. The van der Waals surface area contributed by atoms with Gasteiger partial charge < -0.3 is 10.3 Å². The van der Waals surface area contributed by atoms with Gasteiger partial charge in [0.2, 0.25) is 0 Å². The summed E-state index contributed by atoms with van der Waals surface area (Å²) < 4.78 is 15.6. The molecule has 0 saturated carbocycles. The van der Waals surface area contributed by atoms with E-state index in [9.17, 15) is 4.39 Å². The van der Waals surface area contributed by atoms with Crippen molar-refractivity contribution < 1.29 is 4.39 Å². The first-order valence-electron chi connectivity index (χ1n) is 6.76. The summed E-state index contributed by atoms with van der Waals surface area (Å²) in [5, 5.41) is 1.19. The summed E-state index contributed by atoms with van der Waals surface area (Å²) in [6.07, 6.45) is 4.08. The van der Waals surface area contributed by atoms with Crippen molar-refractivity contribution in [3.63, 3.8) is 0 Å². The van der Waals surface area contributed by atoms with Crippen LogP contribution in [0.5, 0.6) is 0 Å². The van der Waals surface area contributed by atoms with Crippen LogP contribution in [0.25, 0.3) is 10.9 Å². The quantitative estimate of drug-likeness (QED) is 0.572. The van der Waals surface area contributed by atoms with Gasteiger partial charge in [-0.25, -0.2) is 4.39 Å². The molecule has 21 heavy (non-hydrogen) atoms. The van der Waals surface area contributed by atoms with E-state index in [1.807, 2.05) is 37.6 Å². The lowest BCUT2D eigenvalue weighted by Gasteiger charge is -2.10. The first-order chi connectivity index (χ1) is 10.1. The molecule has 2 nitrogen and oxygen atoms in total. The predicted octanol–water partition coefficient (Wildman–Crippen LogP) is 4.44. The molecule has 0 fully saturated rings. The Labute approximate surface area is 127 Å². The lowest BCUT2D eigenvalue weighted by molar-refractivity contribution is 0.623. The Morgan fingerprint density at radius 1 is 1.19 bits per heavy atom. The minimum atomic E-state index is -0.198. The van der Waals surface area contributed by atoms with Gasteiger partial charge in [-0.15, -0.1) is 11.8 Å². The van der Waals surface area contributed by atoms with E-state index in [2.05, 4.69) is 10.6 Å². The molecule has 4 heteroatoms. The number of aryl methyl sites for hydroxylation is 1. The Hall–Kier alpha value is -1.94. The highest BCUT2D eigenvalue weighted by Gasteiger charge is 2.09. The number of fused-ring (bicyclic) bond motifs is 1. The lowest BCUT2D eigenvalue weighted by Crippen LogP contribution is -2.01. The third-order valence-electron chi connectivity index (χ3n) is 3.74. The van der Waals surface area contributed by atoms with Crippen molar-refractivity contribution in [2.45, 2.75) is 18.4 Å². The van der Waals surface area contributed by atoms with Gasteiger partial charge in [-0.2, -0.15) is 0 Å². The zero-order valence-electron chi connectivity index (χ0n) is 12.1. The van der Waals surface area contributed by atoms with E-state index < -0.39 is 0 Å². The molecule has 0 radical (unpaired) electrons. The van der Waals surface area contributed by atoms with Gasteiger partial charge in [0.1, 0.15) is 5.82 Å². The number of rotatable bonds is 3. The van der Waals surface area contributed by atoms with Crippen molar-refractivity contribution in [2.75, 3.05) is 12.0 Å². The van der Waals surface area contributed by atoms with Crippen LogP contribution in [0.1, 0.15) is 11.1 Å². The third-order valence-corrected chi connectivity index (χ3v) is 4.52. The average Bonchev–Trinajstić information content (AvgIpc) is 2.85. The molecule has 0 spiro atoms. The molecule has 2 aromatic carbocycles. The summed E-state index contributed by atoms with van der Waals surface area (Å²) in [7, 11) is 0. The van der Waals surface area contributed by atoms with Crippen molar-refractivity contribution in [2.24, 2.45) is 0 Å². The predicted molar refractivity (Wildman–Crippen MR) is 88.4 cm³/mol. The number of nitrogen functional groups attached to an aromatic ring is 1. The van der Waals surface area contributed by atoms with Crippen molar-refractivity contribution in [3.05, 3.63) is 59.5 Å². The Bertz CT molecular complexity index is 808. The van der Waals surface area contributed by atoms with Gasteiger partial charge in [-0.05, 0) is 54.6 Å². The maximum atomic E-state index is 13.4. The molecular formula is C17H17FN2S. The molecule has 0 aliphatic carbocycles. The molecular weight excluding hydrogens is 283 g/mol. The van der Waals surface area contributed by atoms with E-state index >= 15 is 0 Å². The van der Waals surface area contributed by atoms with Gasteiger partial charge in [0.15, 0.2) is 0 Å². The number of hydrogen-bond donors (Lipinski definition) is 1. The summed E-state index contributed by atoms with van der Waals surface area (Å²) in [5.41, 5.74) is 9.90. The first kappa shape index (κ1) is 14.0. The first-order valence-corrected chi connectivity index (χ1v) is 7.98. The van der Waals surface area contributed by atoms with Crippen LogP contribution in [0.4, 0.5) is 10.1 Å². The molecule has 0 aliphatic rings. The highest BCUT2D eigenvalue weighted by molar-refractivity contribution is 7.98. The van der Waals surface area contributed by atoms with Crippen molar-refractivity contribution >= 4 is 28.4 Å². The van der Waals surface area contributed by atoms with Crippen LogP contribution < -0.4 is 5.73 Å². The topological polar surface area (TPSA) is 30.9 Å². The second-order valence-electron chi connectivity index (χ2n) is 5.17. The maximum absolute atomic E-state index is 13.4. The number of hydrogen-bond acceptors (Lipinski definition) is 2. The number of anilines is 1. The Morgan fingerprint density at radius 3 is 2.76 bits per heavy atom. The number of nitrogens with two attached hydrogens (primary N) is 1. The van der Waals surface area contributed by atoms with Crippen molar-refractivity contribution in [1.82, 2.24) is 4.57 Å². The smallest absolute Gasteiger partial charge is 0.123 e. The summed E-state index contributed by atoms with van der Waals surface area (Å²) in [4.78, 5) is 1.17. The van der Waals surface area contributed by atoms with E-state index in [0.29, 0.717) is 6.54 Å². The van der Waals surface area contributed by atoms with Crippen molar-refractivity contribution in [3.8, 4) is 0 Å². The fourth-order valence-electron chi connectivity index (χ4n) is 2.58. The molecule has 108 valence electrons. The van der Waals surface area contributed by atoms with Gasteiger partial charge in [0, 0.05) is 28.7 Å². The number of benzene rings is 2. The molecule has 0 saturated heterocycles. The number of nitrogens with zero attached hydrogens (tertiary/aromatic N) is 1. The van der Waals surface area contributed by atoms with Crippen LogP contribution in [0, 0.1) is 12.7 Å². The van der Waals surface area contributed by atoms with E-state index in [-0.39, 0.29) is 5.82 Å². The normalized spacial score (nSPS) is 11.2. The second-order valence-corrected chi connectivity index (χ2v) is 6.02. The molecule has 3 rings (SSSR count). The minimum absolute atomic E-state index is 0.198. The standard InChI is InChI=1S/C17H17FN2S/c1-11-3-4-13(18)7-12(11)10-20-6-5-15-16(20)8-14(19)9-17(15)21-2/h3-9H,10,19H2,1-2H3. The molecule has 1 heterocycles. The molecule has 0 unspecified atom stereocenters. The Kier molecular flexibility index (Phi) is 3.64. The Morgan fingerprint density at radius 2 is 2.00 bits per heavy atom. The number of halogens is 1. The van der Waals surface area contributed by atoms with E-state index in [1.54, 1.807) is 17.8 Å². The van der Waals surface area contributed by atoms with Crippen molar-refractivity contribution in [1.29, 1.82) is 0 Å². The molecule has 3 aromatic rings. The summed E-state index contributed by atoms with van der Waals surface area (Å²) in [6, 6.07) is 11.0. The molecule has 0 amide bonds. The molecule has 2 N–H and O–H groups in total. The zero-order chi connectivity index (χ0) is 15.0. The van der Waals surface area contributed by atoms with E-state index in [1.165, 1.54) is 16.3 Å². The van der Waals surface area contributed by atoms with Gasteiger partial charge in [0.25, 0.3) is 0 Å². The van der Waals surface area contributed by atoms with Crippen LogP contribution in [0.2, 0.25) is 0 Å². The maximum Gasteiger partial charge on any atom is 0.123 e. The lowest BCUT2D eigenvalue weighted by atomic mass is 10.1. The van der Waals surface area contributed by atoms with Gasteiger partial charge in [-0.3, -0.25) is 0 Å². The largest absolute Gasteiger partial charge is 0.399 e. The number of aromatic nitrogens is 1. The fraction of sp³-hybridized carbons (Fsp3) is 0.176. The fourth-order valence-corrected chi connectivity index (χ4v) is 3.23. The molecule has 0 bridgehead atoms. The van der Waals surface area contributed by atoms with Crippen LogP contribution in [0.15, 0.2) is 47.5 Å². The summed E-state index contributed by atoms with van der Waals surface area (Å²) in [6.45, 7) is 2.65. The second kappa shape index (κ2) is 5.45. The van der Waals surface area contributed by atoms with E-state index in [0.717, 1.165) is 22.3 Å². The summed E-state index contributed by atoms with van der Waals surface area (Å²) >= 11 is 1.68. The van der Waals surface area contributed by atoms with Crippen LogP contribution >= 0.6 is 11.8 Å². The van der Waals surface area contributed by atoms with Crippen LogP contribution in [0.3, 0.4) is 0 Å². The monoisotopic (exact) mass is 300 g/mol. The highest BCUT2D eigenvalue weighted by Crippen LogP contribution is 2.30. The van der Waals surface area contributed by atoms with Gasteiger partial charge >= 0.3 is 0 Å². The number of thioether (sulfide) groups is 1. The Balaban J connectivity index is 2.09.